The summed E-state index contributed by atoms with van der Waals surface area (Å²) in [5.41, 5.74) is 2.04. The lowest BCUT2D eigenvalue weighted by molar-refractivity contribution is 0.0601. The number of esters is 1. The first-order valence-corrected chi connectivity index (χ1v) is 10.2. The molecule has 0 aliphatic rings. The van der Waals surface area contributed by atoms with Gasteiger partial charge >= 0.3 is 5.97 Å². The number of thiocarbonyl (C=S) groups is 1. The van der Waals surface area contributed by atoms with E-state index in [4.69, 9.17) is 28.6 Å². The van der Waals surface area contributed by atoms with E-state index in [0.717, 1.165) is 30.0 Å². The minimum absolute atomic E-state index is 0.214. The summed E-state index contributed by atoms with van der Waals surface area (Å²) >= 11 is 13.0. The number of methoxy groups -OCH3 is 1. The number of thioether (sulfide) groups is 1. The summed E-state index contributed by atoms with van der Waals surface area (Å²) in [5.74, 6) is 1.10. The summed E-state index contributed by atoms with van der Waals surface area (Å²) in [5, 5.41) is 6.94. The van der Waals surface area contributed by atoms with Crippen molar-refractivity contribution < 1.29 is 13.9 Å². The average molecular weight is 427 g/mol. The van der Waals surface area contributed by atoms with Gasteiger partial charge in [0, 0.05) is 18.0 Å². The molecule has 0 amide bonds. The van der Waals surface area contributed by atoms with Gasteiger partial charge < -0.3 is 15.4 Å². The Kier molecular flexibility index (Phi) is 8.84. The molecule has 0 aliphatic heterocycles. The second kappa shape index (κ2) is 11.1. The summed E-state index contributed by atoms with van der Waals surface area (Å²) < 4.78 is 17.5. The number of rotatable bonds is 8. The summed E-state index contributed by atoms with van der Waals surface area (Å²) in [7, 11) is 1.30. The van der Waals surface area contributed by atoms with Crippen molar-refractivity contribution in [3.63, 3.8) is 0 Å². The highest BCUT2D eigenvalue weighted by atomic mass is 35.5. The molecule has 0 atom stereocenters. The molecule has 2 rings (SSSR count). The van der Waals surface area contributed by atoms with Crippen molar-refractivity contribution in [3.8, 4) is 0 Å². The Hall–Kier alpha value is -1.83. The molecule has 144 valence electrons. The van der Waals surface area contributed by atoms with Crippen molar-refractivity contribution in [2.45, 2.75) is 12.2 Å². The molecule has 0 radical (unpaired) electrons. The van der Waals surface area contributed by atoms with Crippen molar-refractivity contribution in [1.82, 2.24) is 5.32 Å². The minimum Gasteiger partial charge on any atom is -0.465 e. The highest BCUT2D eigenvalue weighted by molar-refractivity contribution is 7.98. The SMILES string of the molecule is COC(=O)c1cc(NC(=S)NCCCSCc2ccc(F)cc2)ccc1Cl. The molecule has 0 bridgehead atoms. The first-order valence-electron chi connectivity index (χ1n) is 8.24. The molecule has 8 heteroatoms. The molecule has 0 aromatic heterocycles. The van der Waals surface area contributed by atoms with Gasteiger partial charge in [0.05, 0.1) is 17.7 Å². The second-order valence-electron chi connectivity index (χ2n) is 5.60. The van der Waals surface area contributed by atoms with Crippen LogP contribution in [0.4, 0.5) is 10.1 Å². The van der Waals surface area contributed by atoms with Gasteiger partial charge in [-0.1, -0.05) is 23.7 Å². The third kappa shape index (κ3) is 7.36. The fourth-order valence-electron chi connectivity index (χ4n) is 2.19. The van der Waals surface area contributed by atoms with Gasteiger partial charge in [-0.25, -0.2) is 9.18 Å². The lowest BCUT2D eigenvalue weighted by Gasteiger charge is -2.12. The summed E-state index contributed by atoms with van der Waals surface area (Å²) in [6.07, 6.45) is 0.932. The fraction of sp³-hybridized carbons (Fsp3) is 0.263. The quantitative estimate of drug-likeness (QED) is 0.356. The van der Waals surface area contributed by atoms with E-state index in [-0.39, 0.29) is 11.4 Å². The van der Waals surface area contributed by atoms with E-state index in [1.165, 1.54) is 19.2 Å². The van der Waals surface area contributed by atoms with Gasteiger partial charge in [0.1, 0.15) is 5.82 Å². The largest absolute Gasteiger partial charge is 0.465 e. The van der Waals surface area contributed by atoms with Crippen LogP contribution in [0.2, 0.25) is 5.02 Å². The highest BCUT2D eigenvalue weighted by Gasteiger charge is 2.11. The number of hydrogen-bond donors (Lipinski definition) is 2. The topological polar surface area (TPSA) is 50.4 Å². The van der Waals surface area contributed by atoms with Crippen LogP contribution in [0.25, 0.3) is 0 Å². The van der Waals surface area contributed by atoms with Crippen LogP contribution >= 0.6 is 35.6 Å². The number of carbonyl (C=O) groups is 1. The zero-order valence-electron chi connectivity index (χ0n) is 14.8. The minimum atomic E-state index is -0.499. The van der Waals surface area contributed by atoms with E-state index < -0.39 is 5.97 Å². The van der Waals surface area contributed by atoms with Crippen LogP contribution in [0.5, 0.6) is 0 Å². The number of carbonyl (C=O) groups excluding carboxylic acids is 1. The number of halogens is 2. The maximum Gasteiger partial charge on any atom is 0.339 e. The molecule has 0 saturated heterocycles. The first-order chi connectivity index (χ1) is 13.0. The van der Waals surface area contributed by atoms with Gasteiger partial charge in [0.15, 0.2) is 5.11 Å². The number of nitrogens with one attached hydrogen (secondary N) is 2. The van der Waals surface area contributed by atoms with Gasteiger partial charge in [-0.2, -0.15) is 11.8 Å². The predicted octanol–water partition coefficient (Wildman–Crippen LogP) is 4.88. The zero-order chi connectivity index (χ0) is 19.6. The Labute approximate surface area is 172 Å². The second-order valence-corrected chi connectivity index (χ2v) is 7.52. The maximum atomic E-state index is 12.8. The molecule has 4 nitrogen and oxygen atoms in total. The van der Waals surface area contributed by atoms with Gasteiger partial charge in [-0.05, 0) is 60.3 Å². The van der Waals surface area contributed by atoms with Gasteiger partial charge in [0.2, 0.25) is 0 Å². The van der Waals surface area contributed by atoms with E-state index in [1.807, 2.05) is 0 Å². The number of benzene rings is 2. The van der Waals surface area contributed by atoms with E-state index in [2.05, 4.69) is 10.6 Å². The van der Waals surface area contributed by atoms with Crippen LogP contribution in [0.1, 0.15) is 22.3 Å². The normalized spacial score (nSPS) is 10.3. The van der Waals surface area contributed by atoms with Crippen molar-refractivity contribution >= 4 is 52.3 Å². The predicted molar refractivity (Wildman–Crippen MR) is 114 cm³/mol. The number of anilines is 1. The van der Waals surface area contributed by atoms with Crippen molar-refractivity contribution in [3.05, 3.63) is 64.4 Å². The molecule has 0 aliphatic carbocycles. The Bertz CT molecular complexity index is 788. The Balaban J connectivity index is 1.67. The third-order valence-electron chi connectivity index (χ3n) is 3.56. The van der Waals surface area contributed by atoms with Crippen LogP contribution in [-0.4, -0.2) is 30.5 Å². The molecule has 0 unspecified atom stereocenters. The average Bonchev–Trinajstić information content (AvgIpc) is 2.67. The van der Waals surface area contributed by atoms with Crippen molar-refractivity contribution in [2.75, 3.05) is 24.7 Å². The molecule has 27 heavy (non-hydrogen) atoms. The van der Waals surface area contributed by atoms with Crippen LogP contribution in [-0.2, 0) is 10.5 Å². The maximum absolute atomic E-state index is 12.8. The highest BCUT2D eigenvalue weighted by Crippen LogP contribution is 2.21. The van der Waals surface area contributed by atoms with Crippen LogP contribution in [0.15, 0.2) is 42.5 Å². The van der Waals surface area contributed by atoms with Gasteiger partial charge in [0.25, 0.3) is 0 Å². The molecular formula is C19H20ClFN2O2S2. The van der Waals surface area contributed by atoms with Gasteiger partial charge in [-0.15, -0.1) is 0 Å². The van der Waals surface area contributed by atoms with Gasteiger partial charge in [-0.3, -0.25) is 0 Å². The van der Waals surface area contributed by atoms with Crippen molar-refractivity contribution in [1.29, 1.82) is 0 Å². The van der Waals surface area contributed by atoms with E-state index in [1.54, 1.807) is 42.1 Å². The van der Waals surface area contributed by atoms with E-state index >= 15 is 0 Å². The summed E-state index contributed by atoms with van der Waals surface area (Å²) in [4.78, 5) is 11.7. The lowest BCUT2D eigenvalue weighted by atomic mass is 10.2. The molecule has 0 spiro atoms. The molecule has 0 fully saturated rings. The monoisotopic (exact) mass is 426 g/mol. The molecule has 2 aromatic carbocycles. The Morgan fingerprint density at radius 3 is 2.70 bits per heavy atom. The Morgan fingerprint density at radius 1 is 1.26 bits per heavy atom. The molecule has 0 heterocycles. The Morgan fingerprint density at radius 2 is 2.00 bits per heavy atom. The molecule has 2 N–H and O–H groups in total. The lowest BCUT2D eigenvalue weighted by Crippen LogP contribution is -2.29. The third-order valence-corrected chi connectivity index (χ3v) is 5.25. The van der Waals surface area contributed by atoms with Crippen LogP contribution < -0.4 is 10.6 Å². The zero-order valence-corrected chi connectivity index (χ0v) is 17.1. The number of hydrogen-bond acceptors (Lipinski definition) is 4. The molecule has 0 saturated carbocycles. The first kappa shape index (κ1) is 21.5. The van der Waals surface area contributed by atoms with E-state index in [0.29, 0.717) is 15.8 Å². The van der Waals surface area contributed by atoms with Crippen molar-refractivity contribution in [2.24, 2.45) is 0 Å². The summed E-state index contributed by atoms with van der Waals surface area (Å²) in [6.45, 7) is 0.722. The fourth-order valence-corrected chi connectivity index (χ4v) is 3.53. The summed E-state index contributed by atoms with van der Waals surface area (Å²) in [6, 6.07) is 11.5. The van der Waals surface area contributed by atoms with Crippen LogP contribution in [0, 0.1) is 5.82 Å². The molecular weight excluding hydrogens is 407 g/mol. The number of ether oxygens (including phenoxy) is 1. The standard InChI is InChI=1S/C19H20ClFN2O2S2/c1-25-18(24)16-11-15(7-8-17(16)20)23-19(26)22-9-2-10-27-12-13-3-5-14(21)6-4-13/h3-8,11H,2,9-10,12H2,1H3,(H2,22,23,26). The molecule has 2 aromatic rings. The van der Waals surface area contributed by atoms with E-state index in [9.17, 15) is 9.18 Å². The van der Waals surface area contributed by atoms with Crippen LogP contribution in [0.3, 0.4) is 0 Å². The smallest absolute Gasteiger partial charge is 0.339 e.